The summed E-state index contributed by atoms with van der Waals surface area (Å²) in [6, 6.07) is 27.0. The molecule has 4 aromatic heterocycles. The van der Waals surface area contributed by atoms with Gasteiger partial charge in [0.1, 0.15) is 10.0 Å². The molecule has 0 spiro atoms. The zero-order chi connectivity index (χ0) is 25.9. The van der Waals surface area contributed by atoms with Gasteiger partial charge in [-0.3, -0.25) is 0 Å². The summed E-state index contributed by atoms with van der Waals surface area (Å²) in [7, 11) is 0. The molecule has 0 bridgehead atoms. The Hall–Kier alpha value is -2.64. The maximum Gasteiger partial charge on any atom is 0.155 e. The van der Waals surface area contributed by atoms with Crippen molar-refractivity contribution in [3.63, 3.8) is 0 Å². The molecule has 0 fully saturated rings. The van der Waals surface area contributed by atoms with E-state index in [4.69, 9.17) is 9.97 Å². The molecule has 6 heteroatoms. The van der Waals surface area contributed by atoms with E-state index in [1.807, 2.05) is 22.7 Å². The summed E-state index contributed by atoms with van der Waals surface area (Å²) in [5, 5.41) is 2.13. The van der Waals surface area contributed by atoms with E-state index < -0.39 is 0 Å². The number of aryl methyl sites for hydroxylation is 2. The first-order valence-corrected chi connectivity index (χ1v) is 16.6. The Morgan fingerprint density at radius 2 is 0.868 bits per heavy atom. The van der Waals surface area contributed by atoms with E-state index in [1.165, 1.54) is 67.4 Å². The molecule has 0 aliphatic carbocycles. The average Bonchev–Trinajstić information content (AvgIpc) is 3.74. The number of fused-ring (bicyclic) bond motifs is 1. The molecule has 6 aromatic rings. The largest absolute Gasteiger partial charge is 0.222 e. The molecule has 0 unspecified atom stereocenters. The monoisotopic (exact) mass is 570 g/mol. The van der Waals surface area contributed by atoms with E-state index in [1.54, 1.807) is 22.7 Å². The molecule has 2 nitrogen and oxygen atoms in total. The normalized spacial score (nSPS) is 11.5. The van der Waals surface area contributed by atoms with Gasteiger partial charge >= 0.3 is 0 Å². The van der Waals surface area contributed by atoms with Gasteiger partial charge in [-0.25, -0.2) is 9.97 Å². The Bertz CT molecular complexity index is 1480. The first-order chi connectivity index (χ1) is 18.7. The van der Waals surface area contributed by atoms with Crippen molar-refractivity contribution in [3.8, 4) is 40.7 Å². The van der Waals surface area contributed by atoms with E-state index in [-0.39, 0.29) is 0 Å². The Balaban J connectivity index is 1.17. The number of hydrogen-bond donors (Lipinski definition) is 0. The van der Waals surface area contributed by atoms with Crippen LogP contribution in [0, 0.1) is 0 Å². The van der Waals surface area contributed by atoms with Crippen LogP contribution in [0.5, 0.6) is 0 Å². The van der Waals surface area contributed by atoms with Crippen LogP contribution in [0.4, 0.5) is 0 Å². The van der Waals surface area contributed by atoms with Crippen LogP contribution in [-0.2, 0) is 12.8 Å². The fraction of sp³-hybridized carbons (Fsp3) is 0.250. The van der Waals surface area contributed by atoms with Gasteiger partial charge in [0, 0.05) is 9.75 Å². The molecular formula is C32H30N2S4. The Morgan fingerprint density at radius 3 is 1.26 bits per heavy atom. The van der Waals surface area contributed by atoms with Crippen molar-refractivity contribution in [1.82, 2.24) is 9.97 Å². The van der Waals surface area contributed by atoms with Crippen LogP contribution in [0.1, 0.15) is 50.7 Å². The van der Waals surface area contributed by atoms with Crippen molar-refractivity contribution in [1.29, 1.82) is 0 Å². The number of aromatic nitrogens is 2. The van der Waals surface area contributed by atoms with E-state index in [0.717, 1.165) is 32.5 Å². The molecule has 0 atom stereocenters. The summed E-state index contributed by atoms with van der Waals surface area (Å²) in [5.41, 5.74) is 5.41. The van der Waals surface area contributed by atoms with Crippen LogP contribution >= 0.6 is 45.3 Å². The van der Waals surface area contributed by atoms with Crippen LogP contribution in [0.15, 0.2) is 72.8 Å². The molecule has 0 saturated heterocycles. The minimum absolute atomic E-state index is 1.03. The topological polar surface area (TPSA) is 25.8 Å². The molecule has 0 aliphatic rings. The Kier molecular flexibility index (Phi) is 7.84. The highest BCUT2D eigenvalue weighted by Crippen LogP contribution is 2.42. The van der Waals surface area contributed by atoms with Crippen molar-refractivity contribution in [3.05, 3.63) is 83.9 Å². The number of rotatable bonds is 10. The van der Waals surface area contributed by atoms with Crippen molar-refractivity contribution >= 4 is 55.0 Å². The maximum absolute atomic E-state index is 4.97. The third kappa shape index (κ3) is 5.55. The highest BCUT2D eigenvalue weighted by molar-refractivity contribution is 7.32. The summed E-state index contributed by atoms with van der Waals surface area (Å²) < 4.78 is 0. The SMILES string of the molecule is CCCCc1ccc(-c2ccc(-c3nc4sc(-c5ccc(-c6ccc(CCCC)cc6)s5)nc4s3)s2)cc1. The molecule has 4 heterocycles. The second-order valence-electron chi connectivity index (χ2n) is 9.58. The fourth-order valence-electron chi connectivity index (χ4n) is 4.50. The lowest BCUT2D eigenvalue weighted by Gasteiger charge is -2.02. The Labute approximate surface area is 240 Å². The summed E-state index contributed by atoms with van der Waals surface area (Å²) in [6.07, 6.45) is 7.30. The van der Waals surface area contributed by atoms with Gasteiger partial charge in [-0.15, -0.1) is 22.7 Å². The standard InChI is InChI=1S/C32H30N2S4/c1-3-5-7-21-9-13-23(14-10-21)25-17-19-27(35-25)29-33-31-32(37-29)34-30(38-31)28-20-18-26(36-28)24-15-11-22(12-16-24)8-6-4-2/h9-20H,3-8H2,1-2H3. The molecule has 38 heavy (non-hydrogen) atoms. The van der Waals surface area contributed by atoms with E-state index in [2.05, 4.69) is 86.6 Å². The van der Waals surface area contributed by atoms with Crippen molar-refractivity contribution in [2.75, 3.05) is 0 Å². The second-order valence-corrected chi connectivity index (χ2v) is 13.7. The second kappa shape index (κ2) is 11.6. The van der Waals surface area contributed by atoms with Gasteiger partial charge in [-0.05, 0) is 72.2 Å². The van der Waals surface area contributed by atoms with Gasteiger partial charge in [0.25, 0.3) is 0 Å². The summed E-state index contributed by atoms with van der Waals surface area (Å²) in [6.45, 7) is 4.49. The quantitative estimate of drug-likeness (QED) is 0.164. The van der Waals surface area contributed by atoms with Crippen LogP contribution in [-0.4, -0.2) is 9.97 Å². The van der Waals surface area contributed by atoms with Gasteiger partial charge in [0.2, 0.25) is 0 Å². The summed E-state index contributed by atoms with van der Waals surface area (Å²) >= 11 is 7.03. The number of thiophene rings is 2. The molecule has 6 rings (SSSR count). The number of benzene rings is 2. The lowest BCUT2D eigenvalue weighted by molar-refractivity contribution is 0.795. The molecule has 0 radical (unpaired) electrons. The van der Waals surface area contributed by atoms with Crippen LogP contribution < -0.4 is 0 Å². The van der Waals surface area contributed by atoms with E-state index in [0.29, 0.717) is 0 Å². The highest BCUT2D eigenvalue weighted by Gasteiger charge is 2.16. The van der Waals surface area contributed by atoms with Crippen molar-refractivity contribution < 1.29 is 0 Å². The van der Waals surface area contributed by atoms with Gasteiger partial charge in [0.15, 0.2) is 9.66 Å². The smallest absolute Gasteiger partial charge is 0.155 e. The fourth-order valence-corrected chi connectivity index (χ4v) is 8.68. The highest BCUT2D eigenvalue weighted by atomic mass is 32.1. The minimum atomic E-state index is 1.03. The zero-order valence-electron chi connectivity index (χ0n) is 21.7. The van der Waals surface area contributed by atoms with Gasteiger partial charge in [-0.1, -0.05) is 97.9 Å². The molecule has 2 aromatic carbocycles. The Morgan fingerprint density at radius 1 is 0.474 bits per heavy atom. The van der Waals surface area contributed by atoms with E-state index >= 15 is 0 Å². The van der Waals surface area contributed by atoms with Gasteiger partial charge in [0.05, 0.1) is 9.75 Å². The first kappa shape index (κ1) is 25.6. The van der Waals surface area contributed by atoms with Crippen LogP contribution in [0.2, 0.25) is 0 Å². The first-order valence-electron chi connectivity index (χ1n) is 13.4. The zero-order valence-corrected chi connectivity index (χ0v) is 25.0. The number of nitrogens with zero attached hydrogens (tertiary/aromatic N) is 2. The van der Waals surface area contributed by atoms with Gasteiger partial charge < -0.3 is 0 Å². The molecular weight excluding hydrogens is 541 g/mol. The maximum atomic E-state index is 4.97. The van der Waals surface area contributed by atoms with Crippen LogP contribution in [0.25, 0.3) is 50.3 Å². The lowest BCUT2D eigenvalue weighted by atomic mass is 10.1. The van der Waals surface area contributed by atoms with Crippen molar-refractivity contribution in [2.45, 2.75) is 52.4 Å². The van der Waals surface area contributed by atoms with Crippen molar-refractivity contribution in [2.24, 2.45) is 0 Å². The van der Waals surface area contributed by atoms with E-state index in [9.17, 15) is 0 Å². The minimum Gasteiger partial charge on any atom is -0.222 e. The molecule has 0 N–H and O–H groups in total. The third-order valence-electron chi connectivity index (χ3n) is 6.72. The molecule has 0 saturated carbocycles. The predicted molar refractivity (Wildman–Crippen MR) is 170 cm³/mol. The van der Waals surface area contributed by atoms with Gasteiger partial charge in [-0.2, -0.15) is 0 Å². The lowest BCUT2D eigenvalue weighted by Crippen LogP contribution is -1.83. The third-order valence-corrected chi connectivity index (χ3v) is 11.4. The van der Waals surface area contributed by atoms with Crippen LogP contribution in [0.3, 0.4) is 0 Å². The predicted octanol–water partition coefficient (Wildman–Crippen LogP) is 11.2. The molecule has 192 valence electrons. The molecule has 0 aliphatic heterocycles. The molecule has 0 amide bonds. The number of hydrogen-bond acceptors (Lipinski definition) is 6. The summed E-state index contributed by atoms with van der Waals surface area (Å²) in [4.78, 5) is 17.0. The average molecular weight is 571 g/mol. The summed E-state index contributed by atoms with van der Waals surface area (Å²) in [5.74, 6) is 0. The number of thiazole rings is 2. The number of unbranched alkanes of at least 4 members (excludes halogenated alkanes) is 2.